The average Bonchev–Trinajstić information content (AvgIpc) is 2.83. The molecule has 100 valence electrons. The summed E-state index contributed by atoms with van der Waals surface area (Å²) >= 11 is 0. The third kappa shape index (κ3) is 3.41. The van der Waals surface area contributed by atoms with Crippen molar-refractivity contribution < 1.29 is 9.84 Å². The van der Waals surface area contributed by atoms with Crippen LogP contribution < -0.4 is 5.32 Å². The summed E-state index contributed by atoms with van der Waals surface area (Å²) in [6.07, 6.45) is 5.35. The second kappa shape index (κ2) is 6.69. The second-order valence-electron chi connectivity index (χ2n) is 5.17. The van der Waals surface area contributed by atoms with Crippen LogP contribution in [-0.2, 0) is 4.74 Å². The molecular formula is C13H26N2O2. The van der Waals surface area contributed by atoms with Crippen molar-refractivity contribution >= 4 is 0 Å². The van der Waals surface area contributed by atoms with E-state index in [4.69, 9.17) is 4.74 Å². The number of nitrogens with zero attached hydrogens (tertiary/aromatic N) is 1. The minimum Gasteiger partial charge on any atom is -0.395 e. The van der Waals surface area contributed by atoms with E-state index in [0.29, 0.717) is 12.1 Å². The molecule has 1 saturated heterocycles. The van der Waals surface area contributed by atoms with Gasteiger partial charge in [-0.15, -0.1) is 0 Å². The first-order valence-corrected chi connectivity index (χ1v) is 7.05. The third-order valence-electron chi connectivity index (χ3n) is 4.08. The van der Waals surface area contributed by atoms with Gasteiger partial charge in [-0.2, -0.15) is 0 Å². The predicted octanol–water partition coefficient (Wildman–Crippen LogP) is 0.600. The van der Waals surface area contributed by atoms with Crippen LogP contribution in [0.25, 0.3) is 0 Å². The number of aliphatic hydroxyl groups is 1. The number of likely N-dealkylation sites (N-methyl/N-ethyl adjacent to an activating group) is 1. The summed E-state index contributed by atoms with van der Waals surface area (Å²) in [6, 6.07) is 0.896. The standard InChI is InChI=1S/C13H26N2O2/c1-2-14-11(10-16)6-7-15-8-9-17-13-5-3-4-12(13)15/h11-14,16H,2-10H2,1H3. The first-order valence-electron chi connectivity index (χ1n) is 7.05. The van der Waals surface area contributed by atoms with Gasteiger partial charge in [0.05, 0.1) is 19.3 Å². The lowest BCUT2D eigenvalue weighted by Gasteiger charge is -2.38. The molecule has 1 heterocycles. The topological polar surface area (TPSA) is 44.7 Å². The zero-order chi connectivity index (χ0) is 12.1. The Kier molecular flexibility index (Phi) is 5.22. The second-order valence-corrected chi connectivity index (χ2v) is 5.17. The van der Waals surface area contributed by atoms with E-state index in [1.165, 1.54) is 19.3 Å². The summed E-state index contributed by atoms with van der Waals surface area (Å²) in [5.74, 6) is 0. The van der Waals surface area contributed by atoms with Crippen LogP contribution in [0.15, 0.2) is 0 Å². The minimum absolute atomic E-state index is 0.242. The Morgan fingerprint density at radius 3 is 3.12 bits per heavy atom. The highest BCUT2D eigenvalue weighted by Crippen LogP contribution is 2.29. The van der Waals surface area contributed by atoms with Crippen molar-refractivity contribution in [3.8, 4) is 0 Å². The molecule has 0 spiro atoms. The van der Waals surface area contributed by atoms with E-state index in [-0.39, 0.29) is 12.6 Å². The number of hydrogen-bond donors (Lipinski definition) is 2. The maximum absolute atomic E-state index is 9.27. The molecule has 0 amide bonds. The van der Waals surface area contributed by atoms with Gasteiger partial charge in [0.25, 0.3) is 0 Å². The first kappa shape index (κ1) is 13.3. The largest absolute Gasteiger partial charge is 0.395 e. The molecule has 4 nitrogen and oxygen atoms in total. The molecule has 3 unspecified atom stereocenters. The van der Waals surface area contributed by atoms with E-state index >= 15 is 0 Å². The van der Waals surface area contributed by atoms with E-state index in [1.807, 2.05) is 0 Å². The molecule has 0 bridgehead atoms. The molecule has 1 saturated carbocycles. The van der Waals surface area contributed by atoms with Gasteiger partial charge in [0, 0.05) is 25.2 Å². The van der Waals surface area contributed by atoms with Gasteiger partial charge in [-0.25, -0.2) is 0 Å². The van der Waals surface area contributed by atoms with Gasteiger partial charge in [-0.1, -0.05) is 6.92 Å². The number of rotatable bonds is 6. The van der Waals surface area contributed by atoms with Crippen LogP contribution in [0.1, 0.15) is 32.6 Å². The van der Waals surface area contributed by atoms with Gasteiger partial charge in [-0.05, 0) is 32.2 Å². The normalized spacial score (nSPS) is 31.4. The number of morpholine rings is 1. The highest BCUT2D eigenvalue weighted by atomic mass is 16.5. The highest BCUT2D eigenvalue weighted by Gasteiger charge is 2.35. The van der Waals surface area contributed by atoms with E-state index in [2.05, 4.69) is 17.1 Å². The summed E-state index contributed by atoms with van der Waals surface area (Å²) < 4.78 is 5.81. The maximum Gasteiger partial charge on any atom is 0.0730 e. The Hall–Kier alpha value is -0.160. The summed E-state index contributed by atoms with van der Waals surface area (Å²) in [5, 5.41) is 12.6. The number of aliphatic hydroxyl groups excluding tert-OH is 1. The zero-order valence-electron chi connectivity index (χ0n) is 10.9. The van der Waals surface area contributed by atoms with Crippen molar-refractivity contribution in [1.82, 2.24) is 10.2 Å². The number of hydrogen-bond acceptors (Lipinski definition) is 4. The molecule has 2 aliphatic rings. The van der Waals surface area contributed by atoms with Gasteiger partial charge >= 0.3 is 0 Å². The number of fused-ring (bicyclic) bond motifs is 1. The van der Waals surface area contributed by atoms with Gasteiger partial charge in [0.1, 0.15) is 0 Å². The quantitative estimate of drug-likeness (QED) is 0.716. The average molecular weight is 242 g/mol. The molecule has 0 aromatic rings. The van der Waals surface area contributed by atoms with E-state index in [1.54, 1.807) is 0 Å². The Bertz CT molecular complexity index is 225. The summed E-state index contributed by atoms with van der Waals surface area (Å²) in [6.45, 7) is 6.29. The smallest absolute Gasteiger partial charge is 0.0730 e. The van der Waals surface area contributed by atoms with Gasteiger partial charge < -0.3 is 15.2 Å². The van der Waals surface area contributed by atoms with Gasteiger partial charge in [0.15, 0.2) is 0 Å². The van der Waals surface area contributed by atoms with Crippen LogP contribution in [0, 0.1) is 0 Å². The van der Waals surface area contributed by atoms with Gasteiger partial charge in [0.2, 0.25) is 0 Å². The molecule has 3 atom stereocenters. The Labute approximate surface area is 104 Å². The summed E-state index contributed by atoms with van der Waals surface area (Å²) in [5.41, 5.74) is 0. The van der Waals surface area contributed by atoms with Crippen molar-refractivity contribution in [3.05, 3.63) is 0 Å². The minimum atomic E-state index is 0.242. The molecule has 1 aliphatic carbocycles. The van der Waals surface area contributed by atoms with Gasteiger partial charge in [-0.3, -0.25) is 4.90 Å². The molecule has 17 heavy (non-hydrogen) atoms. The molecule has 0 radical (unpaired) electrons. The molecular weight excluding hydrogens is 216 g/mol. The van der Waals surface area contributed by atoms with Crippen LogP contribution >= 0.6 is 0 Å². The van der Waals surface area contributed by atoms with Crippen LogP contribution in [0.4, 0.5) is 0 Å². The molecule has 4 heteroatoms. The van der Waals surface area contributed by atoms with Crippen LogP contribution in [0.3, 0.4) is 0 Å². The third-order valence-corrected chi connectivity index (χ3v) is 4.08. The lowest BCUT2D eigenvalue weighted by molar-refractivity contribution is -0.0567. The van der Waals surface area contributed by atoms with Crippen LogP contribution in [-0.4, -0.2) is 61.0 Å². The van der Waals surface area contributed by atoms with Crippen molar-refractivity contribution in [1.29, 1.82) is 0 Å². The zero-order valence-corrected chi connectivity index (χ0v) is 10.9. The fourth-order valence-corrected chi connectivity index (χ4v) is 3.15. The molecule has 2 fully saturated rings. The number of nitrogens with one attached hydrogen (secondary N) is 1. The molecule has 0 aromatic heterocycles. The van der Waals surface area contributed by atoms with Crippen molar-refractivity contribution in [2.75, 3.05) is 32.8 Å². The summed E-state index contributed by atoms with van der Waals surface area (Å²) in [7, 11) is 0. The fraction of sp³-hybridized carbons (Fsp3) is 1.00. The Balaban J connectivity index is 1.77. The van der Waals surface area contributed by atoms with E-state index in [0.717, 1.165) is 32.7 Å². The SMILES string of the molecule is CCNC(CO)CCN1CCOC2CCCC21. The number of ether oxygens (including phenoxy) is 1. The summed E-state index contributed by atoms with van der Waals surface area (Å²) in [4.78, 5) is 2.57. The Morgan fingerprint density at radius 1 is 1.47 bits per heavy atom. The van der Waals surface area contributed by atoms with Crippen molar-refractivity contribution in [3.63, 3.8) is 0 Å². The molecule has 1 aliphatic heterocycles. The monoisotopic (exact) mass is 242 g/mol. The van der Waals surface area contributed by atoms with Crippen molar-refractivity contribution in [2.45, 2.75) is 50.8 Å². The van der Waals surface area contributed by atoms with E-state index < -0.39 is 0 Å². The first-order chi connectivity index (χ1) is 8.35. The molecule has 0 aromatic carbocycles. The fourth-order valence-electron chi connectivity index (χ4n) is 3.15. The van der Waals surface area contributed by atoms with E-state index in [9.17, 15) is 5.11 Å². The lowest BCUT2D eigenvalue weighted by atomic mass is 10.1. The maximum atomic E-state index is 9.27. The van der Waals surface area contributed by atoms with Crippen molar-refractivity contribution in [2.24, 2.45) is 0 Å². The molecule has 2 rings (SSSR count). The lowest BCUT2D eigenvalue weighted by Crippen LogP contribution is -2.50. The predicted molar refractivity (Wildman–Crippen MR) is 68.1 cm³/mol. The highest BCUT2D eigenvalue weighted by molar-refractivity contribution is 4.89. The Morgan fingerprint density at radius 2 is 2.35 bits per heavy atom. The van der Waals surface area contributed by atoms with Crippen LogP contribution in [0.5, 0.6) is 0 Å². The van der Waals surface area contributed by atoms with Crippen LogP contribution in [0.2, 0.25) is 0 Å². The molecule has 2 N–H and O–H groups in total.